The average molecular weight is 349 g/mol. The first kappa shape index (κ1) is 17.3. The van der Waals surface area contributed by atoms with Gasteiger partial charge >= 0.3 is 0 Å². The Bertz CT molecular complexity index is 740. The summed E-state index contributed by atoms with van der Waals surface area (Å²) in [4.78, 5) is 15.1. The van der Waals surface area contributed by atoms with E-state index in [0.29, 0.717) is 17.3 Å². The number of hydrogen-bond donors (Lipinski definition) is 1. The van der Waals surface area contributed by atoms with Crippen molar-refractivity contribution in [1.82, 2.24) is 9.47 Å². The van der Waals surface area contributed by atoms with E-state index in [1.807, 2.05) is 40.8 Å². The van der Waals surface area contributed by atoms with Crippen LogP contribution in [0, 0.1) is 0 Å². The van der Waals surface area contributed by atoms with Crippen molar-refractivity contribution in [3.05, 3.63) is 35.0 Å². The molecule has 24 heavy (non-hydrogen) atoms. The van der Waals surface area contributed by atoms with E-state index in [1.165, 1.54) is 0 Å². The lowest BCUT2D eigenvalue weighted by Gasteiger charge is -2.37. The molecule has 0 radical (unpaired) electrons. The molecule has 0 aliphatic heterocycles. The normalized spacial score (nSPS) is 21.2. The van der Waals surface area contributed by atoms with Gasteiger partial charge in [-0.3, -0.25) is 4.79 Å². The van der Waals surface area contributed by atoms with E-state index < -0.39 is 6.10 Å². The van der Waals surface area contributed by atoms with Crippen molar-refractivity contribution in [3.8, 4) is 0 Å². The van der Waals surface area contributed by atoms with Crippen LogP contribution in [0.15, 0.2) is 24.3 Å². The average Bonchev–Trinajstić information content (AvgIpc) is 2.89. The van der Waals surface area contributed by atoms with E-state index in [2.05, 4.69) is 6.92 Å². The van der Waals surface area contributed by atoms with Gasteiger partial charge in [-0.2, -0.15) is 0 Å². The van der Waals surface area contributed by atoms with Crippen LogP contribution in [-0.4, -0.2) is 39.2 Å². The molecule has 1 heterocycles. The van der Waals surface area contributed by atoms with Crippen molar-refractivity contribution in [2.45, 2.75) is 51.2 Å². The lowest BCUT2D eigenvalue weighted by atomic mass is 9.91. The minimum Gasteiger partial charge on any atom is -0.391 e. The van der Waals surface area contributed by atoms with Gasteiger partial charge in [-0.25, -0.2) is 0 Å². The van der Waals surface area contributed by atoms with Gasteiger partial charge in [-0.15, -0.1) is 0 Å². The van der Waals surface area contributed by atoms with Gasteiger partial charge in [0.05, 0.1) is 12.1 Å². The summed E-state index contributed by atoms with van der Waals surface area (Å²) in [6.45, 7) is 2.74. The summed E-state index contributed by atoms with van der Waals surface area (Å²) in [5.74, 6) is -0.00220. The second kappa shape index (κ2) is 7.16. The fraction of sp³-hybridized carbons (Fsp3) is 0.526. The SMILES string of the molecule is CCCN(C(=O)c1cc2ccc(Cl)cc2n1C)[C@@H]1CCCC[C@H]1O. The quantitative estimate of drug-likeness (QED) is 0.908. The van der Waals surface area contributed by atoms with Crippen LogP contribution in [0.5, 0.6) is 0 Å². The van der Waals surface area contributed by atoms with Crippen LogP contribution in [0.4, 0.5) is 0 Å². The Morgan fingerprint density at radius 1 is 1.33 bits per heavy atom. The molecule has 130 valence electrons. The monoisotopic (exact) mass is 348 g/mol. The molecule has 0 spiro atoms. The third-order valence-electron chi connectivity index (χ3n) is 5.05. The largest absolute Gasteiger partial charge is 0.391 e. The fourth-order valence-electron chi connectivity index (χ4n) is 3.77. The smallest absolute Gasteiger partial charge is 0.270 e. The number of aryl methyl sites for hydroxylation is 1. The van der Waals surface area contributed by atoms with Crippen molar-refractivity contribution in [1.29, 1.82) is 0 Å². The molecule has 5 heteroatoms. The molecule has 2 atom stereocenters. The molecule has 1 aromatic carbocycles. The highest BCUT2D eigenvalue weighted by atomic mass is 35.5. The summed E-state index contributed by atoms with van der Waals surface area (Å²) in [7, 11) is 1.90. The molecule has 1 saturated carbocycles. The second-order valence-corrected chi connectivity index (χ2v) is 7.15. The molecule has 1 aliphatic carbocycles. The summed E-state index contributed by atoms with van der Waals surface area (Å²) < 4.78 is 1.90. The Morgan fingerprint density at radius 2 is 2.08 bits per heavy atom. The molecular formula is C19H25ClN2O2. The molecule has 1 fully saturated rings. The van der Waals surface area contributed by atoms with Crippen LogP contribution in [0.3, 0.4) is 0 Å². The minimum absolute atomic E-state index is 0.00220. The zero-order valence-electron chi connectivity index (χ0n) is 14.3. The lowest BCUT2D eigenvalue weighted by Crippen LogP contribution is -2.49. The Labute approximate surface area is 148 Å². The topological polar surface area (TPSA) is 45.5 Å². The number of carbonyl (C=O) groups excluding carboxylic acids is 1. The molecule has 4 nitrogen and oxygen atoms in total. The molecule has 1 aromatic heterocycles. The van der Waals surface area contributed by atoms with Gasteiger partial charge in [0.2, 0.25) is 0 Å². The summed E-state index contributed by atoms with van der Waals surface area (Å²) in [6.07, 6.45) is 4.23. The standard InChI is InChI=1S/C19H25ClN2O2/c1-3-10-22(15-6-4-5-7-18(15)23)19(24)17-11-13-8-9-14(20)12-16(13)21(17)2/h8-9,11-12,15,18,23H,3-7,10H2,1-2H3/t15-,18-/m1/s1. The van der Waals surface area contributed by atoms with Gasteiger partial charge in [0.1, 0.15) is 5.69 Å². The highest BCUT2D eigenvalue weighted by Crippen LogP contribution is 2.27. The van der Waals surface area contributed by atoms with Crippen LogP contribution < -0.4 is 0 Å². The first-order chi connectivity index (χ1) is 11.5. The van der Waals surface area contributed by atoms with Crippen molar-refractivity contribution in [3.63, 3.8) is 0 Å². The number of carbonyl (C=O) groups is 1. The maximum atomic E-state index is 13.2. The second-order valence-electron chi connectivity index (χ2n) is 6.71. The maximum Gasteiger partial charge on any atom is 0.270 e. The molecule has 0 bridgehead atoms. The van der Waals surface area contributed by atoms with E-state index in [4.69, 9.17) is 11.6 Å². The van der Waals surface area contributed by atoms with E-state index in [-0.39, 0.29) is 11.9 Å². The first-order valence-electron chi connectivity index (χ1n) is 8.77. The van der Waals surface area contributed by atoms with Crippen molar-refractivity contribution < 1.29 is 9.90 Å². The summed E-state index contributed by atoms with van der Waals surface area (Å²) in [6, 6.07) is 7.51. The molecule has 1 aliphatic rings. The zero-order valence-corrected chi connectivity index (χ0v) is 15.1. The number of rotatable bonds is 4. The van der Waals surface area contributed by atoms with Crippen LogP contribution in [0.25, 0.3) is 10.9 Å². The fourth-order valence-corrected chi connectivity index (χ4v) is 3.94. The number of aliphatic hydroxyl groups is 1. The van der Waals surface area contributed by atoms with Gasteiger partial charge in [-0.05, 0) is 37.5 Å². The third-order valence-corrected chi connectivity index (χ3v) is 5.28. The van der Waals surface area contributed by atoms with Gasteiger partial charge < -0.3 is 14.6 Å². The summed E-state index contributed by atoms with van der Waals surface area (Å²) in [5.41, 5.74) is 1.60. The van der Waals surface area contributed by atoms with Crippen molar-refractivity contribution in [2.24, 2.45) is 7.05 Å². The summed E-state index contributed by atoms with van der Waals surface area (Å²) in [5, 5.41) is 12.1. The Balaban J connectivity index is 1.96. The molecule has 2 aromatic rings. The van der Waals surface area contributed by atoms with Gasteiger partial charge in [-0.1, -0.05) is 37.4 Å². The van der Waals surface area contributed by atoms with Gasteiger partial charge in [0.25, 0.3) is 5.91 Å². The van der Waals surface area contributed by atoms with Crippen molar-refractivity contribution in [2.75, 3.05) is 6.54 Å². The Hall–Kier alpha value is -1.52. The van der Waals surface area contributed by atoms with E-state index in [9.17, 15) is 9.90 Å². The van der Waals surface area contributed by atoms with Crippen molar-refractivity contribution >= 4 is 28.4 Å². The number of hydrogen-bond acceptors (Lipinski definition) is 2. The Morgan fingerprint density at radius 3 is 2.79 bits per heavy atom. The number of benzene rings is 1. The molecule has 1 amide bonds. The van der Waals surface area contributed by atoms with Crippen LogP contribution in [-0.2, 0) is 7.05 Å². The van der Waals surface area contributed by atoms with E-state index in [0.717, 1.165) is 43.0 Å². The lowest BCUT2D eigenvalue weighted by molar-refractivity contribution is 0.0173. The van der Waals surface area contributed by atoms with Gasteiger partial charge in [0, 0.05) is 29.5 Å². The van der Waals surface area contributed by atoms with Crippen LogP contribution in [0.1, 0.15) is 49.5 Å². The summed E-state index contributed by atoms with van der Waals surface area (Å²) >= 11 is 6.09. The third kappa shape index (κ3) is 3.17. The minimum atomic E-state index is -0.418. The first-order valence-corrected chi connectivity index (χ1v) is 9.14. The predicted octanol–water partition coefficient (Wildman–Crippen LogP) is 3.99. The highest BCUT2D eigenvalue weighted by Gasteiger charge is 2.32. The number of fused-ring (bicyclic) bond motifs is 1. The number of halogens is 1. The number of aromatic nitrogens is 1. The number of nitrogens with zero attached hydrogens (tertiary/aromatic N) is 2. The van der Waals surface area contributed by atoms with Crippen LogP contribution >= 0.6 is 11.6 Å². The molecule has 1 N–H and O–H groups in total. The molecule has 0 saturated heterocycles. The van der Waals surface area contributed by atoms with E-state index in [1.54, 1.807) is 0 Å². The molecular weight excluding hydrogens is 324 g/mol. The predicted molar refractivity (Wildman–Crippen MR) is 97.5 cm³/mol. The zero-order chi connectivity index (χ0) is 17.3. The van der Waals surface area contributed by atoms with E-state index >= 15 is 0 Å². The number of amides is 1. The maximum absolute atomic E-state index is 13.2. The Kier molecular flexibility index (Phi) is 5.16. The highest BCUT2D eigenvalue weighted by molar-refractivity contribution is 6.31. The molecule has 0 unspecified atom stereocenters. The van der Waals surface area contributed by atoms with Crippen LogP contribution in [0.2, 0.25) is 5.02 Å². The molecule has 3 rings (SSSR count). The number of aliphatic hydroxyl groups excluding tert-OH is 1. The van der Waals surface area contributed by atoms with Gasteiger partial charge in [0.15, 0.2) is 0 Å².